The van der Waals surface area contributed by atoms with E-state index in [2.05, 4.69) is 0 Å². The molecule has 1 aliphatic rings. The van der Waals surface area contributed by atoms with Crippen LogP contribution >= 0.6 is 0 Å². The van der Waals surface area contributed by atoms with E-state index < -0.39 is 47.7 Å². The number of hydrogen-bond donors (Lipinski definition) is 1. The first-order valence-corrected chi connectivity index (χ1v) is 12.3. The van der Waals surface area contributed by atoms with Gasteiger partial charge in [-0.1, -0.05) is 32.0 Å². The largest absolute Gasteiger partial charge is 0.496 e. The zero-order valence-corrected chi connectivity index (χ0v) is 21.7. The number of β-amino-alcohol motifs (C(OH)–C–C–N with tert-alkyl or cyclic N) is 1. The lowest BCUT2D eigenvalue weighted by Crippen LogP contribution is -2.58. The molecular weight excluding hydrogens is 519 g/mol. The molecule has 39 heavy (non-hydrogen) atoms. The third-order valence-electron chi connectivity index (χ3n) is 7.03. The van der Waals surface area contributed by atoms with E-state index in [1.54, 1.807) is 24.3 Å². The van der Waals surface area contributed by atoms with Gasteiger partial charge in [0.15, 0.2) is 5.60 Å². The van der Waals surface area contributed by atoms with Gasteiger partial charge in [-0.25, -0.2) is 8.78 Å². The summed E-state index contributed by atoms with van der Waals surface area (Å²) in [5.74, 6) is -1.50. The van der Waals surface area contributed by atoms with Gasteiger partial charge < -0.3 is 19.6 Å². The number of anilines is 2. The number of aliphatic hydroxyl groups is 1. The van der Waals surface area contributed by atoms with Crippen molar-refractivity contribution in [3.8, 4) is 5.75 Å². The smallest absolute Gasteiger partial charge is 0.418 e. The van der Waals surface area contributed by atoms with E-state index in [0.717, 1.165) is 18.2 Å². The number of hydrogen-bond acceptors (Lipinski definition) is 4. The topological polar surface area (TPSA) is 53.0 Å². The number of methoxy groups -OCH3 is 1. The van der Waals surface area contributed by atoms with Crippen LogP contribution < -0.4 is 14.5 Å². The second-order valence-corrected chi connectivity index (χ2v) is 10.3. The molecule has 10 heteroatoms. The van der Waals surface area contributed by atoms with E-state index in [-0.39, 0.29) is 30.0 Å². The Morgan fingerprint density at radius 3 is 2.23 bits per heavy atom. The maximum absolute atomic E-state index is 14.5. The van der Waals surface area contributed by atoms with Crippen LogP contribution in [0.3, 0.4) is 0 Å². The van der Waals surface area contributed by atoms with Gasteiger partial charge >= 0.3 is 6.18 Å². The average molecular weight is 549 g/mol. The molecule has 1 aliphatic heterocycles. The molecular formula is C29H29F5N2O3. The van der Waals surface area contributed by atoms with Crippen LogP contribution in [-0.4, -0.2) is 49.5 Å². The molecule has 0 saturated carbocycles. The van der Waals surface area contributed by atoms with E-state index >= 15 is 0 Å². The second-order valence-electron chi connectivity index (χ2n) is 10.3. The third kappa shape index (κ3) is 5.71. The molecule has 3 aromatic rings. The molecule has 0 aromatic heterocycles. The van der Waals surface area contributed by atoms with Crippen molar-refractivity contribution in [2.24, 2.45) is 0 Å². The summed E-state index contributed by atoms with van der Waals surface area (Å²) in [6, 6.07) is 15.2. The Labute approximate surface area is 223 Å². The monoisotopic (exact) mass is 548 g/mol. The van der Waals surface area contributed by atoms with Crippen molar-refractivity contribution in [1.29, 1.82) is 0 Å². The summed E-state index contributed by atoms with van der Waals surface area (Å²) in [5, 5.41) is 11.2. The quantitative estimate of drug-likeness (QED) is 0.363. The Bertz CT molecular complexity index is 1360. The van der Waals surface area contributed by atoms with Crippen LogP contribution in [0.15, 0.2) is 66.7 Å². The molecule has 0 saturated heterocycles. The van der Waals surface area contributed by atoms with Gasteiger partial charge in [0.25, 0.3) is 5.91 Å². The highest BCUT2D eigenvalue weighted by Crippen LogP contribution is 2.45. The number of benzene rings is 3. The molecule has 1 N–H and O–H groups in total. The van der Waals surface area contributed by atoms with Crippen LogP contribution in [0, 0.1) is 11.6 Å². The lowest BCUT2D eigenvalue weighted by Gasteiger charge is -2.44. The summed E-state index contributed by atoms with van der Waals surface area (Å²) in [6.07, 6.45) is -5.82. The average Bonchev–Trinajstić information content (AvgIpc) is 2.87. The number of halogens is 5. The first-order chi connectivity index (χ1) is 18.3. The molecule has 1 unspecified atom stereocenters. The number of rotatable bonds is 7. The number of para-hydroxylation sites is 2. The fourth-order valence-electron chi connectivity index (χ4n) is 5.17. The minimum atomic E-state index is -5.03. The normalized spacial score (nSPS) is 15.5. The summed E-state index contributed by atoms with van der Waals surface area (Å²) in [5.41, 5.74) is -3.58. The molecule has 0 aliphatic carbocycles. The van der Waals surface area contributed by atoms with Gasteiger partial charge in [0.1, 0.15) is 17.4 Å². The Morgan fingerprint density at radius 2 is 1.59 bits per heavy atom. The zero-order chi connectivity index (χ0) is 28.6. The Hall–Kier alpha value is -3.66. The number of nitrogens with zero attached hydrogens (tertiary/aromatic N) is 2. The summed E-state index contributed by atoms with van der Waals surface area (Å²) in [4.78, 5) is 15.9. The highest BCUT2D eigenvalue weighted by molar-refractivity contribution is 6.08. The number of alkyl halides is 3. The van der Waals surface area contributed by atoms with Crippen LogP contribution in [0.2, 0.25) is 0 Å². The number of carbonyl (C=O) groups is 1. The summed E-state index contributed by atoms with van der Waals surface area (Å²) in [6.45, 7) is 2.16. The minimum absolute atomic E-state index is 0.0137. The van der Waals surface area contributed by atoms with Gasteiger partial charge in [-0.2, -0.15) is 13.2 Å². The maximum Gasteiger partial charge on any atom is 0.418 e. The molecule has 4 rings (SSSR count). The SMILES string of the molecule is COc1ccc(F)cc1C(C)(C)CC(O)(CN1CCN(C(=O)c2cccc(F)c2)c2ccccc21)C(F)(F)F. The fourth-order valence-corrected chi connectivity index (χ4v) is 5.17. The summed E-state index contributed by atoms with van der Waals surface area (Å²) < 4.78 is 76.6. The molecule has 1 amide bonds. The zero-order valence-electron chi connectivity index (χ0n) is 21.7. The van der Waals surface area contributed by atoms with Crippen molar-refractivity contribution in [1.82, 2.24) is 0 Å². The third-order valence-corrected chi connectivity index (χ3v) is 7.03. The molecule has 0 bridgehead atoms. The Balaban J connectivity index is 1.67. The molecule has 208 valence electrons. The van der Waals surface area contributed by atoms with E-state index in [1.165, 1.54) is 55.0 Å². The van der Waals surface area contributed by atoms with E-state index in [4.69, 9.17) is 4.74 Å². The number of carbonyl (C=O) groups excluding carboxylic acids is 1. The highest BCUT2D eigenvalue weighted by Gasteiger charge is 2.57. The molecule has 5 nitrogen and oxygen atoms in total. The first-order valence-electron chi connectivity index (χ1n) is 12.3. The van der Waals surface area contributed by atoms with Crippen molar-refractivity contribution >= 4 is 17.3 Å². The van der Waals surface area contributed by atoms with Gasteiger partial charge in [-0.05, 0) is 60.4 Å². The van der Waals surface area contributed by atoms with Crippen molar-refractivity contribution in [3.63, 3.8) is 0 Å². The van der Waals surface area contributed by atoms with Crippen molar-refractivity contribution in [2.75, 3.05) is 36.5 Å². The van der Waals surface area contributed by atoms with Gasteiger partial charge in [-0.15, -0.1) is 0 Å². The predicted molar refractivity (Wildman–Crippen MR) is 138 cm³/mol. The van der Waals surface area contributed by atoms with Gasteiger partial charge in [0.2, 0.25) is 0 Å². The van der Waals surface area contributed by atoms with Gasteiger partial charge in [-0.3, -0.25) is 4.79 Å². The molecule has 3 aromatic carbocycles. The Kier molecular flexibility index (Phi) is 7.62. The van der Waals surface area contributed by atoms with E-state index in [0.29, 0.717) is 11.4 Å². The summed E-state index contributed by atoms with van der Waals surface area (Å²) >= 11 is 0. The van der Waals surface area contributed by atoms with Crippen LogP contribution in [-0.2, 0) is 5.41 Å². The van der Waals surface area contributed by atoms with Crippen molar-refractivity contribution in [3.05, 3.63) is 89.5 Å². The molecule has 0 fully saturated rings. The molecule has 1 atom stereocenters. The predicted octanol–water partition coefficient (Wildman–Crippen LogP) is 6.10. The van der Waals surface area contributed by atoms with E-state index in [9.17, 15) is 31.9 Å². The molecule has 0 radical (unpaired) electrons. The standard InChI is InChI=1S/C29H29F5N2O3/c1-27(2,22-16-21(31)11-12-25(22)39-3)17-28(38,29(32,33)34)18-35-13-14-36(24-10-5-4-9-23(24)35)26(37)19-7-6-8-20(30)15-19/h4-12,15-16,38H,13-14,17-18H2,1-3H3. The van der Waals surface area contributed by atoms with Crippen molar-refractivity contribution < 1.29 is 36.6 Å². The first kappa shape index (κ1) is 28.4. The number of fused-ring (bicyclic) bond motifs is 1. The van der Waals surface area contributed by atoms with Crippen LogP contribution in [0.5, 0.6) is 5.75 Å². The van der Waals surface area contributed by atoms with Crippen LogP contribution in [0.25, 0.3) is 0 Å². The number of amides is 1. The van der Waals surface area contributed by atoms with Crippen molar-refractivity contribution in [2.45, 2.75) is 37.5 Å². The van der Waals surface area contributed by atoms with Gasteiger partial charge in [0.05, 0.1) is 25.0 Å². The lowest BCUT2D eigenvalue weighted by molar-refractivity contribution is -0.262. The summed E-state index contributed by atoms with van der Waals surface area (Å²) in [7, 11) is 1.34. The second kappa shape index (κ2) is 10.5. The minimum Gasteiger partial charge on any atom is -0.496 e. The van der Waals surface area contributed by atoms with E-state index in [1.807, 2.05) is 0 Å². The highest BCUT2D eigenvalue weighted by atomic mass is 19.4. The molecule has 0 spiro atoms. The van der Waals surface area contributed by atoms with Crippen LogP contribution in [0.4, 0.5) is 33.3 Å². The van der Waals surface area contributed by atoms with Gasteiger partial charge in [0, 0.05) is 24.2 Å². The maximum atomic E-state index is 14.5. The number of ether oxygens (including phenoxy) is 1. The Morgan fingerprint density at radius 1 is 0.923 bits per heavy atom. The fraction of sp³-hybridized carbons (Fsp3) is 0.345. The van der Waals surface area contributed by atoms with Crippen LogP contribution in [0.1, 0.15) is 36.2 Å². The lowest BCUT2D eigenvalue weighted by atomic mass is 9.74. The molecule has 1 heterocycles.